The predicted molar refractivity (Wildman–Crippen MR) is 91.9 cm³/mol. The zero-order valence-electron chi connectivity index (χ0n) is 14.3. The molecule has 2 heterocycles. The Bertz CT molecular complexity index is 759. The minimum Gasteiger partial charge on any atom is -0.363 e. The fourth-order valence-electron chi connectivity index (χ4n) is 3.59. The molecule has 6 heteroatoms. The molecule has 0 amide bonds. The van der Waals surface area contributed by atoms with E-state index in [2.05, 4.69) is 27.2 Å². The highest BCUT2D eigenvalue weighted by Gasteiger charge is 2.22. The summed E-state index contributed by atoms with van der Waals surface area (Å²) in [5, 5.41) is 8.20. The van der Waals surface area contributed by atoms with Gasteiger partial charge in [-0.3, -0.25) is 9.48 Å². The third-order valence-corrected chi connectivity index (χ3v) is 4.59. The van der Waals surface area contributed by atoms with Crippen LogP contribution in [0.3, 0.4) is 0 Å². The van der Waals surface area contributed by atoms with Crippen molar-refractivity contribution in [2.24, 2.45) is 7.05 Å². The highest BCUT2D eigenvalue weighted by molar-refractivity contribution is 5.49. The second kappa shape index (κ2) is 6.20. The molecule has 2 aromatic heterocycles. The van der Waals surface area contributed by atoms with Crippen LogP contribution in [0.5, 0.6) is 0 Å². The maximum absolute atomic E-state index is 11.5. The van der Waals surface area contributed by atoms with Gasteiger partial charge in [-0.15, -0.1) is 0 Å². The molecule has 6 nitrogen and oxygen atoms in total. The minimum absolute atomic E-state index is 0.0117. The summed E-state index contributed by atoms with van der Waals surface area (Å²) in [7, 11) is 6.06. The highest BCUT2D eigenvalue weighted by Crippen LogP contribution is 2.29. The van der Waals surface area contributed by atoms with Crippen molar-refractivity contribution in [1.29, 1.82) is 0 Å². The van der Waals surface area contributed by atoms with E-state index in [0.717, 1.165) is 43.0 Å². The number of rotatable bonds is 4. The number of nitrogens with zero attached hydrogens (tertiary/aromatic N) is 3. The van der Waals surface area contributed by atoms with E-state index in [9.17, 15) is 4.79 Å². The van der Waals surface area contributed by atoms with Crippen LogP contribution in [-0.2, 0) is 20.0 Å². The summed E-state index contributed by atoms with van der Waals surface area (Å²) in [5.41, 5.74) is 4.58. The van der Waals surface area contributed by atoms with Gasteiger partial charge in [0.2, 0.25) is 5.56 Å². The summed E-state index contributed by atoms with van der Waals surface area (Å²) in [6.45, 7) is 2.83. The number of anilines is 1. The van der Waals surface area contributed by atoms with Crippen LogP contribution < -0.4 is 15.8 Å². The number of hydrogen-bond acceptors (Lipinski definition) is 4. The van der Waals surface area contributed by atoms with Crippen LogP contribution in [0.1, 0.15) is 41.4 Å². The van der Waals surface area contributed by atoms with E-state index >= 15 is 0 Å². The van der Waals surface area contributed by atoms with Crippen LogP contribution in [-0.4, -0.2) is 28.9 Å². The summed E-state index contributed by atoms with van der Waals surface area (Å²) in [5.74, 6) is 1.13. The van der Waals surface area contributed by atoms with Crippen LogP contribution in [0.15, 0.2) is 16.9 Å². The molecule has 0 radical (unpaired) electrons. The molecule has 0 bridgehead atoms. The first-order chi connectivity index (χ1) is 11.0. The first-order valence-electron chi connectivity index (χ1n) is 8.12. The summed E-state index contributed by atoms with van der Waals surface area (Å²) in [6, 6.07) is 3.87. The fraction of sp³-hybridized carbons (Fsp3) is 0.529. The fourth-order valence-corrected chi connectivity index (χ4v) is 3.59. The average molecular weight is 315 g/mol. The highest BCUT2D eigenvalue weighted by atomic mass is 16.1. The van der Waals surface area contributed by atoms with Gasteiger partial charge in [-0.2, -0.15) is 5.10 Å². The minimum atomic E-state index is -0.0117. The largest absolute Gasteiger partial charge is 0.363 e. The van der Waals surface area contributed by atoms with Crippen LogP contribution >= 0.6 is 0 Å². The number of H-pyrrole nitrogens is 1. The summed E-state index contributed by atoms with van der Waals surface area (Å²) in [6.07, 6.45) is 3.14. The van der Waals surface area contributed by atoms with Crippen LogP contribution in [0, 0.1) is 6.92 Å². The molecule has 1 atom stereocenters. The number of aromatic nitrogens is 3. The molecule has 1 unspecified atom stereocenters. The van der Waals surface area contributed by atoms with Crippen molar-refractivity contribution in [3.63, 3.8) is 0 Å². The molecule has 1 aliphatic rings. The van der Waals surface area contributed by atoms with Crippen molar-refractivity contribution in [3.8, 4) is 0 Å². The lowest BCUT2D eigenvalue weighted by molar-refractivity contribution is 0.453. The summed E-state index contributed by atoms with van der Waals surface area (Å²) < 4.78 is 1.93. The van der Waals surface area contributed by atoms with Crippen LogP contribution in [0.2, 0.25) is 0 Å². The standard InChI is InChI=1S/C17H25N5O/c1-11-13(17(21(2)3)22(4)20-11)10-18-14-6-5-7-15-12(14)8-9-16(23)19-15/h8-9,14,18H,5-7,10H2,1-4H3,(H,19,23). The Morgan fingerprint density at radius 3 is 2.96 bits per heavy atom. The zero-order valence-corrected chi connectivity index (χ0v) is 14.3. The number of aromatic amines is 1. The topological polar surface area (TPSA) is 66.0 Å². The lowest BCUT2D eigenvalue weighted by Crippen LogP contribution is -2.28. The van der Waals surface area contributed by atoms with Crippen molar-refractivity contribution >= 4 is 5.82 Å². The smallest absolute Gasteiger partial charge is 0.248 e. The van der Waals surface area contributed by atoms with E-state index in [-0.39, 0.29) is 11.6 Å². The molecule has 3 rings (SSSR count). The maximum atomic E-state index is 11.5. The van der Waals surface area contributed by atoms with Gasteiger partial charge in [0.25, 0.3) is 0 Å². The molecule has 1 aliphatic carbocycles. The monoisotopic (exact) mass is 315 g/mol. The van der Waals surface area contributed by atoms with Gasteiger partial charge in [-0.1, -0.05) is 6.07 Å². The quantitative estimate of drug-likeness (QED) is 0.900. The second-order valence-electron chi connectivity index (χ2n) is 6.49. The number of fused-ring (bicyclic) bond motifs is 1. The molecule has 0 saturated carbocycles. The SMILES string of the molecule is Cc1nn(C)c(N(C)C)c1CNC1CCCc2[nH]c(=O)ccc21. The molecule has 23 heavy (non-hydrogen) atoms. The van der Waals surface area contributed by atoms with Gasteiger partial charge in [-0.25, -0.2) is 0 Å². The molecule has 0 spiro atoms. The molecule has 2 N–H and O–H groups in total. The van der Waals surface area contributed by atoms with Crippen molar-refractivity contribution in [2.75, 3.05) is 19.0 Å². The lowest BCUT2D eigenvalue weighted by atomic mass is 9.91. The molecule has 0 aliphatic heterocycles. The van der Waals surface area contributed by atoms with Gasteiger partial charge < -0.3 is 15.2 Å². The van der Waals surface area contributed by atoms with Gasteiger partial charge >= 0.3 is 0 Å². The van der Waals surface area contributed by atoms with Gasteiger partial charge in [0.05, 0.1) is 5.69 Å². The van der Waals surface area contributed by atoms with Crippen molar-refractivity contribution in [1.82, 2.24) is 20.1 Å². The predicted octanol–water partition coefficient (Wildman–Crippen LogP) is 1.65. The Hall–Kier alpha value is -2.08. The number of hydrogen-bond donors (Lipinski definition) is 2. The summed E-state index contributed by atoms with van der Waals surface area (Å²) in [4.78, 5) is 16.6. The third kappa shape index (κ3) is 3.03. The molecular weight excluding hydrogens is 290 g/mol. The molecule has 2 aromatic rings. The molecule has 0 saturated heterocycles. The molecule has 0 aromatic carbocycles. The Labute approximate surface area is 136 Å². The van der Waals surface area contributed by atoms with E-state index in [1.807, 2.05) is 31.9 Å². The van der Waals surface area contributed by atoms with Crippen molar-refractivity contribution in [2.45, 2.75) is 38.8 Å². The second-order valence-corrected chi connectivity index (χ2v) is 6.49. The number of pyridine rings is 1. The van der Waals surface area contributed by atoms with Gasteiger partial charge in [0, 0.05) is 51.1 Å². The summed E-state index contributed by atoms with van der Waals surface area (Å²) >= 11 is 0. The Morgan fingerprint density at radius 2 is 2.22 bits per heavy atom. The van der Waals surface area contributed by atoms with E-state index < -0.39 is 0 Å². The molecule has 0 fully saturated rings. The van der Waals surface area contributed by atoms with Gasteiger partial charge in [-0.05, 0) is 31.7 Å². The van der Waals surface area contributed by atoms with E-state index in [1.54, 1.807) is 6.07 Å². The lowest BCUT2D eigenvalue weighted by Gasteiger charge is -2.26. The van der Waals surface area contributed by atoms with Crippen molar-refractivity contribution < 1.29 is 0 Å². The van der Waals surface area contributed by atoms with E-state index in [0.29, 0.717) is 0 Å². The van der Waals surface area contributed by atoms with Gasteiger partial charge in [0.15, 0.2) is 0 Å². The Balaban J connectivity index is 1.82. The zero-order chi connectivity index (χ0) is 16.6. The first kappa shape index (κ1) is 15.8. The maximum Gasteiger partial charge on any atom is 0.248 e. The van der Waals surface area contributed by atoms with E-state index in [4.69, 9.17) is 0 Å². The molecular formula is C17H25N5O. The number of aryl methyl sites for hydroxylation is 3. The average Bonchev–Trinajstić information content (AvgIpc) is 2.78. The van der Waals surface area contributed by atoms with Crippen molar-refractivity contribution in [3.05, 3.63) is 45.0 Å². The Kier molecular flexibility index (Phi) is 4.26. The molecule has 124 valence electrons. The van der Waals surface area contributed by atoms with Gasteiger partial charge in [0.1, 0.15) is 5.82 Å². The van der Waals surface area contributed by atoms with Crippen LogP contribution in [0.4, 0.5) is 5.82 Å². The Morgan fingerprint density at radius 1 is 1.43 bits per heavy atom. The first-order valence-corrected chi connectivity index (χ1v) is 8.12. The normalized spacial score (nSPS) is 17.1. The number of nitrogens with one attached hydrogen (secondary N) is 2. The van der Waals surface area contributed by atoms with Crippen LogP contribution in [0.25, 0.3) is 0 Å². The van der Waals surface area contributed by atoms with E-state index in [1.165, 1.54) is 11.1 Å². The third-order valence-electron chi connectivity index (χ3n) is 4.59.